The molecule has 6 unspecified atom stereocenters. The van der Waals surface area contributed by atoms with Gasteiger partial charge >= 0.3 is 0 Å². The van der Waals surface area contributed by atoms with Crippen molar-refractivity contribution in [2.24, 2.45) is 39.1 Å². The van der Waals surface area contributed by atoms with Gasteiger partial charge in [0.05, 0.1) is 31.0 Å². The van der Waals surface area contributed by atoms with Gasteiger partial charge in [0, 0.05) is 53.0 Å². The van der Waals surface area contributed by atoms with Gasteiger partial charge in [0.2, 0.25) is 0 Å². The van der Waals surface area contributed by atoms with Crippen molar-refractivity contribution in [2.45, 2.75) is 108 Å². The Bertz CT molecular complexity index is 2720. The highest BCUT2D eigenvalue weighted by molar-refractivity contribution is 8.76. The maximum absolute atomic E-state index is 14.2. The number of ketones is 1. The molecule has 0 radical (unpaired) electrons. The van der Waals surface area contributed by atoms with Gasteiger partial charge in [0.1, 0.15) is 5.75 Å². The first-order valence-electron chi connectivity index (χ1n) is 24.1. The van der Waals surface area contributed by atoms with Crippen molar-refractivity contribution < 1.29 is 30.0 Å². The average molecular weight is 949 g/mol. The number of fused-ring (bicyclic) bond motifs is 7. The molecule has 2 fully saturated rings. The van der Waals surface area contributed by atoms with Crippen LogP contribution < -0.4 is 21.3 Å². The molecule has 0 aromatic heterocycles. The SMILES string of the molecule is CC(CCc1ccccc1)CC1CCC23CSSCc4cc5c(cc4C(N)N)C#CCC4=NC=CC4=C([O-])CC5c4cc(ccc4O)CCOc4cc(ccc4O)CCC(=O)C=CC1(CC2O)C3. The number of aromatic hydroxyl groups is 2. The van der Waals surface area contributed by atoms with Crippen LogP contribution in [0.2, 0.25) is 0 Å². The predicted molar refractivity (Wildman–Crippen MR) is 272 cm³/mol. The molecule has 5 aliphatic rings. The molecule has 9 nitrogen and oxygen atoms in total. The number of nitrogens with zero attached hydrogens (tertiary/aromatic N) is 1. The summed E-state index contributed by atoms with van der Waals surface area (Å²) >= 11 is 0. The zero-order valence-corrected chi connectivity index (χ0v) is 40.4. The molecule has 354 valence electrons. The summed E-state index contributed by atoms with van der Waals surface area (Å²) in [7, 11) is 3.47. The summed E-state index contributed by atoms with van der Waals surface area (Å²) in [6, 6.07) is 25.4. The fraction of sp³-hybridized carbons (Fsp3) is 0.404. The van der Waals surface area contributed by atoms with Gasteiger partial charge in [-0.05, 0) is 150 Å². The lowest BCUT2D eigenvalue weighted by Gasteiger charge is -2.45. The van der Waals surface area contributed by atoms with Gasteiger partial charge in [0.25, 0.3) is 0 Å². The summed E-state index contributed by atoms with van der Waals surface area (Å²) in [5.41, 5.74) is 20.5. The van der Waals surface area contributed by atoms with Gasteiger partial charge in [-0.25, -0.2) is 0 Å². The number of hydrogen-bond donors (Lipinski definition) is 5. The molecule has 7 N–H and O–H groups in total. The second-order valence-corrected chi connectivity index (χ2v) is 22.3. The van der Waals surface area contributed by atoms with Crippen LogP contribution in [0.1, 0.15) is 121 Å². The molecule has 4 aromatic rings. The van der Waals surface area contributed by atoms with E-state index in [9.17, 15) is 25.2 Å². The summed E-state index contributed by atoms with van der Waals surface area (Å²) < 4.78 is 6.18. The van der Waals surface area contributed by atoms with Crippen LogP contribution in [-0.4, -0.2) is 45.3 Å². The zero-order chi connectivity index (χ0) is 47.4. The van der Waals surface area contributed by atoms with E-state index in [2.05, 4.69) is 66.2 Å². The molecule has 0 saturated heterocycles. The first-order chi connectivity index (χ1) is 32.9. The monoisotopic (exact) mass is 948 g/mol. The Balaban J connectivity index is 1.06. The second-order valence-electron chi connectivity index (χ2n) is 19.8. The van der Waals surface area contributed by atoms with E-state index in [1.807, 2.05) is 24.3 Å². The topological polar surface area (TPSA) is 174 Å². The number of carbonyl (C=O) groups is 1. The Morgan fingerprint density at radius 1 is 0.956 bits per heavy atom. The van der Waals surface area contributed by atoms with Crippen LogP contribution in [0.5, 0.6) is 17.2 Å². The second kappa shape index (κ2) is 20.8. The first-order valence-corrected chi connectivity index (χ1v) is 26.6. The number of aliphatic hydroxyl groups is 1. The third kappa shape index (κ3) is 10.5. The standard InChI is InChI=1S/C57H63N3O6S2/c1-36(10-11-37-6-3-2-4-7-37)26-42-18-22-57-34-56(42,32-54(57)65)23-19-43(61)15-12-38-14-17-51(63)53(28-38)66-25-21-39-13-16-50(62)48(27-39)47-31-52(64)44-20-24-60-49(44)9-5-8-40-29-46(55(58)59)41(30-45(40)47)33-67-68-35-57/h2-4,6-7,13-14,16-17,19-20,23-24,27-30,36,42,47,54-55,62-65H,9-12,15,18,21-22,25-26,31-35,58-59H2,1H3/p-1. The summed E-state index contributed by atoms with van der Waals surface area (Å²) in [6.07, 6.45) is 14.2. The van der Waals surface area contributed by atoms with Crippen LogP contribution in [-0.2, 0) is 29.8 Å². The number of rotatable bonds is 6. The van der Waals surface area contributed by atoms with Crippen molar-refractivity contribution in [2.75, 3.05) is 12.4 Å². The van der Waals surface area contributed by atoms with Crippen molar-refractivity contribution in [1.82, 2.24) is 0 Å². The molecule has 68 heavy (non-hydrogen) atoms. The van der Waals surface area contributed by atoms with Gasteiger partial charge in [-0.1, -0.05) is 101 Å². The van der Waals surface area contributed by atoms with Crippen molar-refractivity contribution in [1.29, 1.82) is 0 Å². The van der Waals surface area contributed by atoms with Crippen LogP contribution in [0.25, 0.3) is 0 Å². The van der Waals surface area contributed by atoms with Crippen molar-refractivity contribution in [3.05, 3.63) is 159 Å². The predicted octanol–water partition coefficient (Wildman–Crippen LogP) is 9.64. The van der Waals surface area contributed by atoms with Gasteiger partial charge in [-0.15, -0.1) is 5.76 Å². The van der Waals surface area contributed by atoms with Gasteiger partial charge < -0.3 is 36.6 Å². The Morgan fingerprint density at radius 2 is 1.76 bits per heavy atom. The molecular weight excluding hydrogens is 887 g/mol. The minimum atomic E-state index is -0.787. The molecule has 4 aromatic carbocycles. The van der Waals surface area contributed by atoms with Crippen LogP contribution in [0.3, 0.4) is 0 Å². The molecule has 3 aliphatic carbocycles. The highest BCUT2D eigenvalue weighted by Crippen LogP contribution is 2.64. The Hall–Kier alpha value is -5.22. The number of hydrogen-bond acceptors (Lipinski definition) is 11. The smallest absolute Gasteiger partial charge is 0.161 e. The van der Waals surface area contributed by atoms with Gasteiger partial charge in [-0.2, -0.15) is 0 Å². The van der Waals surface area contributed by atoms with Crippen molar-refractivity contribution in [3.63, 3.8) is 0 Å². The van der Waals surface area contributed by atoms with E-state index in [0.29, 0.717) is 77.9 Å². The number of aryl methyl sites for hydroxylation is 2. The molecular formula is C57H62N3O6S2-. The van der Waals surface area contributed by atoms with Crippen LogP contribution >= 0.6 is 21.6 Å². The first kappa shape index (κ1) is 47.8. The third-order valence-electron chi connectivity index (χ3n) is 15.3. The molecule has 9 rings (SSSR count). The molecule has 11 heteroatoms. The highest BCUT2D eigenvalue weighted by Gasteiger charge is 2.59. The van der Waals surface area contributed by atoms with Crippen LogP contribution in [0, 0.1) is 34.5 Å². The van der Waals surface area contributed by atoms with E-state index < -0.39 is 18.2 Å². The van der Waals surface area contributed by atoms with E-state index in [1.54, 1.807) is 58.1 Å². The Kier molecular flexibility index (Phi) is 14.6. The molecule has 2 aliphatic heterocycles. The van der Waals surface area contributed by atoms with Crippen molar-refractivity contribution in [3.8, 4) is 29.1 Å². The van der Waals surface area contributed by atoms with Crippen LogP contribution in [0.4, 0.5) is 0 Å². The summed E-state index contributed by atoms with van der Waals surface area (Å²) in [6.45, 7) is 2.58. The van der Waals surface area contributed by atoms with E-state index in [4.69, 9.17) is 16.2 Å². The number of aliphatic imine (C=N–C) groups is 1. The highest BCUT2D eigenvalue weighted by atomic mass is 33.1. The fourth-order valence-corrected chi connectivity index (χ4v) is 14.2. The maximum Gasteiger partial charge on any atom is 0.161 e. The lowest BCUT2D eigenvalue weighted by Crippen LogP contribution is -2.38. The lowest BCUT2D eigenvalue weighted by molar-refractivity contribution is -0.307. The van der Waals surface area contributed by atoms with Gasteiger partial charge in [0.15, 0.2) is 17.3 Å². The third-order valence-corrected chi connectivity index (χ3v) is 17.8. The van der Waals surface area contributed by atoms with E-state index in [0.717, 1.165) is 72.1 Å². The number of phenols is 2. The minimum absolute atomic E-state index is 0.00948. The fourth-order valence-electron chi connectivity index (χ4n) is 11.4. The average Bonchev–Trinajstić information content (AvgIpc) is 3.90. The maximum atomic E-state index is 14.2. The molecule has 8 bridgehead atoms. The number of allylic oxidation sites excluding steroid dienone is 5. The molecule has 0 spiro atoms. The van der Waals surface area contributed by atoms with E-state index >= 15 is 0 Å². The Morgan fingerprint density at radius 3 is 2.59 bits per heavy atom. The summed E-state index contributed by atoms with van der Waals surface area (Å²) in [5.74, 6) is 8.56. The number of nitrogens with two attached hydrogens (primary N) is 2. The quantitative estimate of drug-likeness (QED) is 0.0712. The normalized spacial score (nSPS) is 25.6. The molecule has 2 heterocycles. The molecule has 6 atom stereocenters. The summed E-state index contributed by atoms with van der Waals surface area (Å²) in [4.78, 5) is 18.2. The number of benzene rings is 4. The zero-order valence-electron chi connectivity index (χ0n) is 38.8. The largest absolute Gasteiger partial charge is 0.875 e. The van der Waals surface area contributed by atoms with E-state index in [1.165, 1.54) is 5.56 Å². The number of carbonyl (C=O) groups excluding carboxylic acids is 1. The minimum Gasteiger partial charge on any atom is -0.875 e. The summed E-state index contributed by atoms with van der Waals surface area (Å²) in [5, 5.41) is 48.8. The number of ether oxygens (including phenoxy) is 1. The molecule has 0 amide bonds. The molecule has 2 saturated carbocycles. The number of aliphatic hydroxyl groups excluding tert-OH is 1. The van der Waals surface area contributed by atoms with Crippen molar-refractivity contribution >= 4 is 33.1 Å². The Labute approximate surface area is 408 Å². The van der Waals surface area contributed by atoms with E-state index in [-0.39, 0.29) is 46.9 Å². The lowest BCUT2D eigenvalue weighted by atomic mass is 9.61. The number of phenolic OH excluding ortho intramolecular Hbond substituents is 2. The van der Waals surface area contributed by atoms with Gasteiger partial charge in [-0.3, -0.25) is 9.79 Å². The van der Waals surface area contributed by atoms with Crippen LogP contribution in [0.15, 0.2) is 120 Å².